The minimum absolute atomic E-state index is 0.0234. The Morgan fingerprint density at radius 2 is 2.40 bits per heavy atom. The van der Waals surface area contributed by atoms with Crippen molar-refractivity contribution in [2.75, 3.05) is 11.9 Å². The van der Waals surface area contributed by atoms with Gasteiger partial charge in [0.2, 0.25) is 11.0 Å². The molecule has 0 aliphatic heterocycles. The molecule has 1 rings (SSSR count). The standard InChI is InChI=1S/C7H6ClN5O2/c8-6-5(13(14)15)7(12-4-11-6)10-3-1-2-9/h4H,1,3H2,(H,10,11,12). The summed E-state index contributed by atoms with van der Waals surface area (Å²) in [6.45, 7) is 0.269. The predicted molar refractivity (Wildman–Crippen MR) is 52.4 cm³/mol. The molecule has 0 radical (unpaired) electrons. The van der Waals surface area contributed by atoms with E-state index in [2.05, 4.69) is 15.3 Å². The van der Waals surface area contributed by atoms with Crippen LogP contribution >= 0.6 is 11.6 Å². The minimum atomic E-state index is -0.670. The quantitative estimate of drug-likeness (QED) is 0.360. The summed E-state index contributed by atoms with van der Waals surface area (Å²) >= 11 is 5.54. The molecular formula is C7H6ClN5O2. The van der Waals surface area contributed by atoms with Gasteiger partial charge in [0, 0.05) is 6.54 Å². The number of hydrogen-bond donors (Lipinski definition) is 1. The van der Waals surface area contributed by atoms with Crippen LogP contribution in [0.3, 0.4) is 0 Å². The molecule has 1 aromatic rings. The van der Waals surface area contributed by atoms with E-state index in [0.717, 1.165) is 6.33 Å². The molecule has 0 aromatic carbocycles. The van der Waals surface area contributed by atoms with Gasteiger partial charge in [-0.05, 0) is 0 Å². The molecule has 8 heteroatoms. The second-order valence-corrected chi connectivity index (χ2v) is 2.81. The second-order valence-electron chi connectivity index (χ2n) is 2.45. The smallest absolute Gasteiger partial charge is 0.348 e. The highest BCUT2D eigenvalue weighted by Crippen LogP contribution is 2.27. The molecule has 7 nitrogen and oxygen atoms in total. The van der Waals surface area contributed by atoms with Crippen molar-refractivity contribution in [1.29, 1.82) is 5.26 Å². The van der Waals surface area contributed by atoms with Crippen LogP contribution in [0.2, 0.25) is 5.15 Å². The summed E-state index contributed by atoms with van der Waals surface area (Å²) in [5.74, 6) is 0.0234. The van der Waals surface area contributed by atoms with Gasteiger partial charge in [0.05, 0.1) is 17.4 Å². The molecule has 0 saturated heterocycles. The van der Waals surface area contributed by atoms with Gasteiger partial charge in [-0.1, -0.05) is 11.6 Å². The lowest BCUT2D eigenvalue weighted by Crippen LogP contribution is -2.06. The van der Waals surface area contributed by atoms with Gasteiger partial charge < -0.3 is 5.32 Å². The Morgan fingerprint density at radius 3 is 3.00 bits per heavy atom. The van der Waals surface area contributed by atoms with Crippen LogP contribution < -0.4 is 5.32 Å². The van der Waals surface area contributed by atoms with Crippen LogP contribution in [0.4, 0.5) is 11.5 Å². The summed E-state index contributed by atoms with van der Waals surface area (Å²) < 4.78 is 0. The highest BCUT2D eigenvalue weighted by molar-refractivity contribution is 6.31. The summed E-state index contributed by atoms with van der Waals surface area (Å²) in [6.07, 6.45) is 1.34. The lowest BCUT2D eigenvalue weighted by atomic mass is 10.4. The van der Waals surface area contributed by atoms with Crippen LogP contribution in [-0.4, -0.2) is 21.4 Å². The Labute approximate surface area is 89.9 Å². The zero-order valence-electron chi connectivity index (χ0n) is 7.47. The molecule has 1 N–H and O–H groups in total. The number of anilines is 1. The van der Waals surface area contributed by atoms with E-state index >= 15 is 0 Å². The maximum Gasteiger partial charge on any atom is 0.348 e. The molecule has 78 valence electrons. The van der Waals surface area contributed by atoms with Gasteiger partial charge in [0.25, 0.3) is 0 Å². The van der Waals surface area contributed by atoms with Gasteiger partial charge in [-0.15, -0.1) is 0 Å². The first-order valence-electron chi connectivity index (χ1n) is 3.92. The number of aromatic nitrogens is 2. The van der Waals surface area contributed by atoms with E-state index in [9.17, 15) is 10.1 Å². The summed E-state index contributed by atoms with van der Waals surface area (Å²) in [5.41, 5.74) is -0.378. The van der Waals surface area contributed by atoms with Gasteiger partial charge >= 0.3 is 5.69 Å². The Balaban J connectivity index is 2.92. The van der Waals surface area contributed by atoms with Crippen LogP contribution in [0.5, 0.6) is 0 Å². The fourth-order valence-electron chi connectivity index (χ4n) is 0.885. The van der Waals surface area contributed by atoms with Crippen LogP contribution in [-0.2, 0) is 0 Å². The topological polar surface area (TPSA) is 105 Å². The van der Waals surface area contributed by atoms with E-state index in [1.54, 1.807) is 0 Å². The first-order valence-corrected chi connectivity index (χ1v) is 4.30. The number of rotatable bonds is 4. The van der Waals surface area contributed by atoms with Crippen molar-refractivity contribution >= 4 is 23.1 Å². The Bertz CT molecular complexity index is 416. The number of halogens is 1. The molecular weight excluding hydrogens is 222 g/mol. The number of nitriles is 1. The zero-order valence-corrected chi connectivity index (χ0v) is 8.23. The van der Waals surface area contributed by atoms with Gasteiger partial charge in [-0.25, -0.2) is 9.97 Å². The molecule has 0 bridgehead atoms. The first kappa shape index (κ1) is 11.1. The Hall–Kier alpha value is -1.94. The van der Waals surface area contributed by atoms with Crippen LogP contribution in [0.15, 0.2) is 6.33 Å². The predicted octanol–water partition coefficient (Wildman–Crippen LogP) is 1.36. The van der Waals surface area contributed by atoms with Gasteiger partial charge in [0.15, 0.2) is 0 Å². The average Bonchev–Trinajstić information content (AvgIpc) is 2.17. The van der Waals surface area contributed by atoms with Crippen LogP contribution in [0.25, 0.3) is 0 Å². The van der Waals surface area contributed by atoms with Crippen LogP contribution in [0, 0.1) is 21.4 Å². The van der Waals surface area contributed by atoms with Crippen molar-refractivity contribution in [2.24, 2.45) is 0 Å². The zero-order chi connectivity index (χ0) is 11.3. The fraction of sp³-hybridized carbons (Fsp3) is 0.286. The monoisotopic (exact) mass is 227 g/mol. The van der Waals surface area contributed by atoms with Gasteiger partial charge in [-0.2, -0.15) is 5.26 Å². The normalized spacial score (nSPS) is 9.33. The third-order valence-electron chi connectivity index (χ3n) is 1.49. The SMILES string of the molecule is N#CCCNc1ncnc(Cl)c1[N+](=O)[O-]. The number of nitro groups is 1. The van der Waals surface area contributed by atoms with E-state index < -0.39 is 4.92 Å². The maximum absolute atomic E-state index is 10.6. The molecule has 15 heavy (non-hydrogen) atoms. The maximum atomic E-state index is 10.6. The highest BCUT2D eigenvalue weighted by atomic mass is 35.5. The summed E-state index contributed by atoms with van der Waals surface area (Å²) in [5, 5.41) is 21.3. The molecule has 0 spiro atoms. The molecule has 0 aliphatic carbocycles. The number of nitrogens with one attached hydrogen (secondary N) is 1. The van der Waals surface area contributed by atoms with E-state index in [1.807, 2.05) is 6.07 Å². The summed E-state index contributed by atoms with van der Waals surface area (Å²) in [6, 6.07) is 1.89. The molecule has 0 fully saturated rings. The van der Waals surface area contributed by atoms with E-state index in [1.165, 1.54) is 0 Å². The molecule has 1 heterocycles. The van der Waals surface area contributed by atoms with E-state index in [-0.39, 0.29) is 29.6 Å². The molecule has 0 aliphatic rings. The lowest BCUT2D eigenvalue weighted by Gasteiger charge is -2.03. The van der Waals surface area contributed by atoms with Crippen molar-refractivity contribution in [2.45, 2.75) is 6.42 Å². The van der Waals surface area contributed by atoms with Crippen molar-refractivity contribution in [3.05, 3.63) is 21.6 Å². The minimum Gasteiger partial charge on any atom is -0.363 e. The summed E-state index contributed by atoms with van der Waals surface area (Å²) in [4.78, 5) is 17.1. The number of nitrogens with zero attached hydrogens (tertiary/aromatic N) is 4. The van der Waals surface area contributed by atoms with Crippen molar-refractivity contribution < 1.29 is 4.92 Å². The van der Waals surface area contributed by atoms with E-state index in [0.29, 0.717) is 0 Å². The molecule has 0 unspecified atom stereocenters. The average molecular weight is 228 g/mol. The largest absolute Gasteiger partial charge is 0.363 e. The first-order chi connectivity index (χ1) is 7.16. The molecule has 0 amide bonds. The Kier molecular flexibility index (Phi) is 3.76. The molecule has 1 aromatic heterocycles. The van der Waals surface area contributed by atoms with Crippen molar-refractivity contribution in [1.82, 2.24) is 9.97 Å². The highest BCUT2D eigenvalue weighted by Gasteiger charge is 2.20. The molecule has 0 saturated carbocycles. The van der Waals surface area contributed by atoms with Crippen LogP contribution in [0.1, 0.15) is 6.42 Å². The van der Waals surface area contributed by atoms with Crippen molar-refractivity contribution in [3.8, 4) is 6.07 Å². The molecule has 0 atom stereocenters. The lowest BCUT2D eigenvalue weighted by molar-refractivity contribution is -0.384. The van der Waals surface area contributed by atoms with E-state index in [4.69, 9.17) is 16.9 Å². The third-order valence-corrected chi connectivity index (χ3v) is 1.77. The number of hydrogen-bond acceptors (Lipinski definition) is 6. The second kappa shape index (κ2) is 5.07. The van der Waals surface area contributed by atoms with Crippen molar-refractivity contribution in [3.63, 3.8) is 0 Å². The Morgan fingerprint density at radius 1 is 1.67 bits per heavy atom. The summed E-state index contributed by atoms with van der Waals surface area (Å²) in [7, 11) is 0. The third kappa shape index (κ3) is 2.75. The fourth-order valence-corrected chi connectivity index (χ4v) is 1.09. The van der Waals surface area contributed by atoms with Gasteiger partial charge in [-0.3, -0.25) is 10.1 Å². The van der Waals surface area contributed by atoms with Gasteiger partial charge in [0.1, 0.15) is 6.33 Å².